The van der Waals surface area contributed by atoms with Crippen LogP contribution in [0.25, 0.3) is 21.8 Å². The third-order valence-corrected chi connectivity index (χ3v) is 4.37. The Balaban J connectivity index is 2.04. The second-order valence-electron chi connectivity index (χ2n) is 5.06. The molecule has 0 radical (unpaired) electrons. The molecule has 0 fully saturated rings. The molecule has 0 aliphatic heterocycles. The van der Waals surface area contributed by atoms with Crippen molar-refractivity contribution in [2.45, 2.75) is 13.8 Å². The van der Waals surface area contributed by atoms with Crippen LogP contribution < -0.4 is 4.74 Å². The van der Waals surface area contributed by atoms with Gasteiger partial charge in [-0.2, -0.15) is 0 Å². The van der Waals surface area contributed by atoms with E-state index in [-0.39, 0.29) is 0 Å². The summed E-state index contributed by atoms with van der Waals surface area (Å²) in [5.41, 5.74) is 5.79. The molecule has 0 unspecified atom stereocenters. The minimum atomic E-state index is 0.860. The number of methoxy groups -OCH3 is 1. The summed E-state index contributed by atoms with van der Waals surface area (Å²) in [6, 6.07) is 14.5. The molecule has 0 saturated heterocycles. The zero-order valence-corrected chi connectivity index (χ0v) is 13.2. The molecule has 0 N–H and O–H groups in total. The van der Waals surface area contributed by atoms with Crippen LogP contribution in [0.3, 0.4) is 0 Å². The van der Waals surface area contributed by atoms with Gasteiger partial charge < -0.3 is 4.74 Å². The monoisotopic (exact) mass is 295 g/mol. The molecule has 1 heterocycles. The third kappa shape index (κ3) is 2.69. The molecule has 3 rings (SSSR count). The lowest BCUT2D eigenvalue weighted by Crippen LogP contribution is -1.88. The average molecular weight is 295 g/mol. The maximum absolute atomic E-state index is 5.42. The first kappa shape index (κ1) is 13.8. The van der Waals surface area contributed by atoms with Crippen molar-refractivity contribution in [3.05, 3.63) is 59.0 Å². The van der Waals surface area contributed by atoms with E-state index in [1.54, 1.807) is 18.4 Å². The summed E-state index contributed by atoms with van der Waals surface area (Å²) in [5, 5.41) is 3.10. The van der Waals surface area contributed by atoms with E-state index in [4.69, 9.17) is 9.72 Å². The number of nitrogens with zero attached hydrogens (tertiary/aromatic N) is 1. The van der Waals surface area contributed by atoms with Crippen molar-refractivity contribution in [2.75, 3.05) is 7.11 Å². The van der Waals surface area contributed by atoms with Gasteiger partial charge in [-0.25, -0.2) is 4.98 Å². The summed E-state index contributed by atoms with van der Waals surface area (Å²) >= 11 is 1.65. The molecule has 0 aliphatic carbocycles. The summed E-state index contributed by atoms with van der Waals surface area (Å²) in [5.74, 6) is 0.860. The fourth-order valence-electron chi connectivity index (χ4n) is 2.44. The van der Waals surface area contributed by atoms with Crippen molar-refractivity contribution < 1.29 is 4.74 Å². The molecule has 2 nitrogen and oxygen atoms in total. The second-order valence-corrected chi connectivity index (χ2v) is 5.91. The number of hydrogen-bond donors (Lipinski definition) is 0. The number of thiazole rings is 1. The van der Waals surface area contributed by atoms with Gasteiger partial charge in [0.05, 0.1) is 18.4 Å². The fourth-order valence-corrected chi connectivity index (χ4v) is 3.29. The maximum Gasteiger partial charge on any atom is 0.129 e. The van der Waals surface area contributed by atoms with Crippen LogP contribution in [0.2, 0.25) is 0 Å². The van der Waals surface area contributed by atoms with Gasteiger partial charge in [-0.1, -0.05) is 35.9 Å². The fraction of sp³-hybridized carbons (Fsp3) is 0.167. The molecular formula is C18H17NOS. The van der Waals surface area contributed by atoms with E-state index in [0.717, 1.165) is 22.0 Å². The lowest BCUT2D eigenvalue weighted by Gasteiger charge is -2.05. The largest absolute Gasteiger partial charge is 0.496 e. The van der Waals surface area contributed by atoms with Crippen molar-refractivity contribution in [3.63, 3.8) is 0 Å². The Morgan fingerprint density at radius 1 is 1.00 bits per heavy atom. The molecule has 2 aromatic carbocycles. The van der Waals surface area contributed by atoms with Gasteiger partial charge in [0.2, 0.25) is 0 Å². The molecule has 0 atom stereocenters. The van der Waals surface area contributed by atoms with Crippen LogP contribution in [0.5, 0.6) is 5.75 Å². The quantitative estimate of drug-likeness (QED) is 0.670. The molecule has 0 amide bonds. The van der Waals surface area contributed by atoms with Crippen LogP contribution in [-0.4, -0.2) is 12.1 Å². The summed E-state index contributed by atoms with van der Waals surface area (Å²) in [4.78, 5) is 4.79. The first-order valence-corrected chi connectivity index (χ1v) is 7.73. The first-order chi connectivity index (χ1) is 10.2. The van der Waals surface area contributed by atoms with E-state index in [0.29, 0.717) is 0 Å². The third-order valence-electron chi connectivity index (χ3n) is 3.50. The summed E-state index contributed by atoms with van der Waals surface area (Å²) in [7, 11) is 1.69. The van der Waals surface area contributed by atoms with E-state index in [9.17, 15) is 0 Å². The van der Waals surface area contributed by atoms with Gasteiger partial charge in [0.15, 0.2) is 0 Å². The van der Waals surface area contributed by atoms with Crippen molar-refractivity contribution in [2.24, 2.45) is 0 Å². The first-order valence-electron chi connectivity index (χ1n) is 6.85. The predicted octanol–water partition coefficient (Wildman–Crippen LogP) is 5.10. The van der Waals surface area contributed by atoms with Gasteiger partial charge in [0.1, 0.15) is 10.8 Å². The minimum Gasteiger partial charge on any atom is -0.496 e. The van der Waals surface area contributed by atoms with Gasteiger partial charge in [-0.15, -0.1) is 11.3 Å². The molecule has 0 aliphatic rings. The summed E-state index contributed by atoms with van der Waals surface area (Å²) < 4.78 is 5.42. The Kier molecular flexibility index (Phi) is 3.76. The number of para-hydroxylation sites is 1. The molecular weight excluding hydrogens is 278 g/mol. The van der Waals surface area contributed by atoms with Crippen LogP contribution in [0.4, 0.5) is 0 Å². The highest BCUT2D eigenvalue weighted by Gasteiger charge is 2.11. The molecule has 0 bridgehead atoms. The maximum atomic E-state index is 5.42. The Bertz CT molecular complexity index is 776. The average Bonchev–Trinajstić information content (AvgIpc) is 2.96. The number of rotatable bonds is 3. The van der Waals surface area contributed by atoms with Crippen molar-refractivity contribution in [1.82, 2.24) is 4.98 Å². The van der Waals surface area contributed by atoms with Gasteiger partial charge >= 0.3 is 0 Å². The summed E-state index contributed by atoms with van der Waals surface area (Å²) in [6.07, 6.45) is 0. The number of aromatic nitrogens is 1. The van der Waals surface area contributed by atoms with Gasteiger partial charge in [0.25, 0.3) is 0 Å². The van der Waals surface area contributed by atoms with Crippen LogP contribution in [0, 0.1) is 13.8 Å². The smallest absolute Gasteiger partial charge is 0.129 e. The lowest BCUT2D eigenvalue weighted by atomic mass is 10.0. The van der Waals surface area contributed by atoms with E-state index in [2.05, 4.69) is 37.4 Å². The van der Waals surface area contributed by atoms with Crippen molar-refractivity contribution in [1.29, 1.82) is 0 Å². The van der Waals surface area contributed by atoms with Gasteiger partial charge in [-0.05, 0) is 31.5 Å². The van der Waals surface area contributed by atoms with E-state index in [1.807, 2.05) is 24.3 Å². The van der Waals surface area contributed by atoms with Gasteiger partial charge in [-0.3, -0.25) is 0 Å². The standard InChI is InChI=1S/C18H17NOS/c1-12-8-9-14(13(2)10-12)16-11-21-18(19-16)15-6-4-5-7-17(15)20-3/h4-11H,1-3H3. The number of hydrogen-bond acceptors (Lipinski definition) is 3. The second kappa shape index (κ2) is 5.70. The number of ether oxygens (including phenoxy) is 1. The van der Waals surface area contributed by atoms with E-state index < -0.39 is 0 Å². The van der Waals surface area contributed by atoms with Crippen LogP contribution in [0.1, 0.15) is 11.1 Å². The molecule has 0 spiro atoms. The summed E-state index contributed by atoms with van der Waals surface area (Å²) in [6.45, 7) is 4.24. The predicted molar refractivity (Wildman–Crippen MR) is 89.0 cm³/mol. The highest BCUT2D eigenvalue weighted by atomic mass is 32.1. The Hall–Kier alpha value is -2.13. The van der Waals surface area contributed by atoms with Crippen molar-refractivity contribution >= 4 is 11.3 Å². The minimum absolute atomic E-state index is 0.860. The molecule has 1 aromatic heterocycles. The molecule has 106 valence electrons. The number of aryl methyl sites for hydroxylation is 2. The van der Waals surface area contributed by atoms with Crippen LogP contribution >= 0.6 is 11.3 Å². The van der Waals surface area contributed by atoms with Crippen molar-refractivity contribution in [3.8, 4) is 27.6 Å². The van der Waals surface area contributed by atoms with Gasteiger partial charge in [0, 0.05) is 10.9 Å². The van der Waals surface area contributed by atoms with E-state index >= 15 is 0 Å². The zero-order chi connectivity index (χ0) is 14.8. The Morgan fingerprint density at radius 2 is 1.81 bits per heavy atom. The molecule has 21 heavy (non-hydrogen) atoms. The highest BCUT2D eigenvalue weighted by molar-refractivity contribution is 7.13. The van der Waals surface area contributed by atoms with Crippen LogP contribution in [0.15, 0.2) is 47.8 Å². The molecule has 0 saturated carbocycles. The normalized spacial score (nSPS) is 10.6. The van der Waals surface area contributed by atoms with Crippen LogP contribution in [-0.2, 0) is 0 Å². The number of benzene rings is 2. The van der Waals surface area contributed by atoms with E-state index in [1.165, 1.54) is 16.7 Å². The zero-order valence-electron chi connectivity index (χ0n) is 12.4. The molecule has 3 heteroatoms. The Labute approximate surface area is 129 Å². The highest BCUT2D eigenvalue weighted by Crippen LogP contribution is 2.35. The Morgan fingerprint density at radius 3 is 2.57 bits per heavy atom. The SMILES string of the molecule is COc1ccccc1-c1nc(-c2ccc(C)cc2C)cs1. The lowest BCUT2D eigenvalue weighted by molar-refractivity contribution is 0.416. The molecule has 3 aromatic rings. The topological polar surface area (TPSA) is 22.1 Å².